The van der Waals surface area contributed by atoms with E-state index in [4.69, 9.17) is 9.47 Å². The number of rotatable bonds is 8. The standard InChI is InChI=1S/C15H23NO4S/c1-10-5-6-12(13(7-10)19-3)20-9-15(18)16-11(2)14(8-17)21-4/h5-7,11,14,17H,8-9H2,1-4H3,(H,16,18). The van der Waals surface area contributed by atoms with E-state index in [0.29, 0.717) is 11.5 Å². The number of benzene rings is 1. The summed E-state index contributed by atoms with van der Waals surface area (Å²) in [5.74, 6) is 0.917. The van der Waals surface area contributed by atoms with Crippen LogP contribution in [0.1, 0.15) is 12.5 Å². The number of hydrogen-bond donors (Lipinski definition) is 2. The Bertz CT molecular complexity index is 463. The van der Waals surface area contributed by atoms with Crippen molar-refractivity contribution in [2.45, 2.75) is 25.1 Å². The van der Waals surface area contributed by atoms with Gasteiger partial charge in [0.2, 0.25) is 0 Å². The highest BCUT2D eigenvalue weighted by Crippen LogP contribution is 2.27. The van der Waals surface area contributed by atoms with Gasteiger partial charge in [0.1, 0.15) is 0 Å². The maximum Gasteiger partial charge on any atom is 0.258 e. The van der Waals surface area contributed by atoms with Crippen LogP contribution in [-0.2, 0) is 4.79 Å². The number of aryl methyl sites for hydroxylation is 1. The Morgan fingerprint density at radius 2 is 2.14 bits per heavy atom. The Morgan fingerprint density at radius 1 is 1.43 bits per heavy atom. The molecular formula is C15H23NO4S. The Morgan fingerprint density at radius 3 is 2.71 bits per heavy atom. The number of ether oxygens (including phenoxy) is 2. The molecule has 0 aliphatic carbocycles. The van der Waals surface area contributed by atoms with Crippen molar-refractivity contribution in [2.24, 2.45) is 0 Å². The first-order valence-corrected chi connectivity index (χ1v) is 8.01. The minimum Gasteiger partial charge on any atom is -0.493 e. The molecule has 0 aromatic heterocycles. The number of carbonyl (C=O) groups is 1. The molecule has 0 heterocycles. The first kappa shape index (κ1) is 17.7. The van der Waals surface area contributed by atoms with Crippen LogP contribution in [0.2, 0.25) is 0 Å². The van der Waals surface area contributed by atoms with Gasteiger partial charge >= 0.3 is 0 Å². The molecule has 0 aliphatic rings. The second kappa shape index (κ2) is 8.79. The fourth-order valence-corrected chi connectivity index (χ4v) is 2.49. The quantitative estimate of drug-likeness (QED) is 0.763. The third-order valence-electron chi connectivity index (χ3n) is 3.11. The molecule has 2 unspecified atom stereocenters. The average Bonchev–Trinajstić information content (AvgIpc) is 2.47. The summed E-state index contributed by atoms with van der Waals surface area (Å²) >= 11 is 1.52. The molecule has 1 rings (SSSR count). The summed E-state index contributed by atoms with van der Waals surface area (Å²) < 4.78 is 10.7. The minimum atomic E-state index is -0.224. The lowest BCUT2D eigenvalue weighted by Gasteiger charge is -2.21. The third kappa shape index (κ3) is 5.47. The summed E-state index contributed by atoms with van der Waals surface area (Å²) in [6.07, 6.45) is 1.90. The normalized spacial score (nSPS) is 13.4. The predicted octanol–water partition coefficient (Wildman–Crippen LogP) is 1.61. The van der Waals surface area contributed by atoms with Crippen LogP contribution in [0.15, 0.2) is 18.2 Å². The van der Waals surface area contributed by atoms with Crippen LogP contribution in [-0.4, -0.2) is 48.9 Å². The molecular weight excluding hydrogens is 290 g/mol. The second-order valence-corrected chi connectivity index (χ2v) is 5.83. The van der Waals surface area contributed by atoms with E-state index in [9.17, 15) is 9.90 Å². The Hall–Kier alpha value is -1.40. The zero-order valence-corrected chi connectivity index (χ0v) is 13.7. The van der Waals surface area contributed by atoms with Gasteiger partial charge in [-0.05, 0) is 37.8 Å². The van der Waals surface area contributed by atoms with Crippen molar-refractivity contribution in [1.82, 2.24) is 5.32 Å². The van der Waals surface area contributed by atoms with Gasteiger partial charge in [-0.25, -0.2) is 0 Å². The first-order valence-electron chi connectivity index (χ1n) is 6.72. The number of nitrogens with one attached hydrogen (secondary N) is 1. The van der Waals surface area contributed by atoms with Crippen LogP contribution < -0.4 is 14.8 Å². The van der Waals surface area contributed by atoms with Crippen molar-refractivity contribution in [3.05, 3.63) is 23.8 Å². The summed E-state index contributed by atoms with van der Waals surface area (Å²) in [4.78, 5) is 11.9. The van der Waals surface area contributed by atoms with Gasteiger partial charge in [-0.15, -0.1) is 0 Å². The minimum absolute atomic E-state index is 0.0231. The van der Waals surface area contributed by atoms with E-state index >= 15 is 0 Å². The van der Waals surface area contributed by atoms with Crippen molar-refractivity contribution in [3.8, 4) is 11.5 Å². The Kier molecular flexibility index (Phi) is 7.39. The predicted molar refractivity (Wildman–Crippen MR) is 85.2 cm³/mol. The van der Waals surface area contributed by atoms with E-state index in [1.807, 2.05) is 32.2 Å². The molecule has 0 aliphatic heterocycles. The lowest BCUT2D eigenvalue weighted by atomic mass is 10.2. The van der Waals surface area contributed by atoms with Crippen LogP contribution in [0.3, 0.4) is 0 Å². The summed E-state index contributed by atoms with van der Waals surface area (Å²) in [5.41, 5.74) is 1.06. The fourth-order valence-electron chi connectivity index (χ4n) is 1.86. The van der Waals surface area contributed by atoms with Gasteiger partial charge in [0.25, 0.3) is 5.91 Å². The molecule has 6 heteroatoms. The molecule has 2 atom stereocenters. The van der Waals surface area contributed by atoms with Crippen LogP contribution in [0.4, 0.5) is 0 Å². The van der Waals surface area contributed by atoms with E-state index in [2.05, 4.69) is 5.32 Å². The largest absolute Gasteiger partial charge is 0.493 e. The molecule has 1 amide bonds. The van der Waals surface area contributed by atoms with Crippen molar-refractivity contribution in [1.29, 1.82) is 0 Å². The summed E-state index contributed by atoms with van der Waals surface area (Å²) in [7, 11) is 1.56. The SMILES string of the molecule is COc1cc(C)ccc1OCC(=O)NC(C)C(CO)SC. The van der Waals surface area contributed by atoms with Gasteiger partial charge < -0.3 is 19.9 Å². The van der Waals surface area contributed by atoms with E-state index in [1.54, 1.807) is 13.2 Å². The highest BCUT2D eigenvalue weighted by Gasteiger charge is 2.17. The van der Waals surface area contributed by atoms with E-state index in [0.717, 1.165) is 5.56 Å². The zero-order chi connectivity index (χ0) is 15.8. The molecule has 118 valence electrons. The van der Waals surface area contributed by atoms with Gasteiger partial charge in [0.05, 0.1) is 13.7 Å². The smallest absolute Gasteiger partial charge is 0.258 e. The summed E-state index contributed by atoms with van der Waals surface area (Å²) in [6.45, 7) is 3.76. The molecule has 0 spiro atoms. The van der Waals surface area contributed by atoms with Crippen LogP contribution in [0, 0.1) is 6.92 Å². The Balaban J connectivity index is 2.53. The van der Waals surface area contributed by atoms with Gasteiger partial charge in [0.15, 0.2) is 18.1 Å². The topological polar surface area (TPSA) is 67.8 Å². The molecule has 2 N–H and O–H groups in total. The number of thioether (sulfide) groups is 1. The maximum atomic E-state index is 11.9. The van der Waals surface area contributed by atoms with Gasteiger partial charge in [-0.2, -0.15) is 11.8 Å². The highest BCUT2D eigenvalue weighted by atomic mass is 32.2. The lowest BCUT2D eigenvalue weighted by molar-refractivity contribution is -0.123. The Labute approximate surface area is 130 Å². The van der Waals surface area contributed by atoms with Crippen LogP contribution >= 0.6 is 11.8 Å². The lowest BCUT2D eigenvalue weighted by Crippen LogP contribution is -2.43. The maximum absolute atomic E-state index is 11.9. The molecule has 0 saturated heterocycles. The molecule has 5 nitrogen and oxygen atoms in total. The van der Waals surface area contributed by atoms with E-state index < -0.39 is 0 Å². The molecule has 21 heavy (non-hydrogen) atoms. The molecule has 0 fully saturated rings. The average molecular weight is 313 g/mol. The van der Waals surface area contributed by atoms with Crippen molar-refractivity contribution < 1.29 is 19.4 Å². The number of aliphatic hydroxyl groups excluding tert-OH is 1. The summed E-state index contributed by atoms with van der Waals surface area (Å²) in [6, 6.07) is 5.41. The molecule has 0 radical (unpaired) electrons. The fraction of sp³-hybridized carbons (Fsp3) is 0.533. The van der Waals surface area contributed by atoms with Crippen molar-refractivity contribution >= 4 is 17.7 Å². The van der Waals surface area contributed by atoms with E-state index in [1.165, 1.54) is 11.8 Å². The number of methoxy groups -OCH3 is 1. The first-order chi connectivity index (χ1) is 10.0. The van der Waals surface area contributed by atoms with Crippen molar-refractivity contribution in [3.63, 3.8) is 0 Å². The zero-order valence-electron chi connectivity index (χ0n) is 12.9. The molecule has 0 bridgehead atoms. The number of carbonyl (C=O) groups excluding carboxylic acids is 1. The van der Waals surface area contributed by atoms with Crippen LogP contribution in [0.25, 0.3) is 0 Å². The molecule has 1 aromatic rings. The third-order valence-corrected chi connectivity index (χ3v) is 4.27. The second-order valence-electron chi connectivity index (χ2n) is 4.76. The summed E-state index contributed by atoms with van der Waals surface area (Å²) in [5, 5.41) is 12.0. The van der Waals surface area contributed by atoms with Gasteiger partial charge in [0, 0.05) is 11.3 Å². The number of aliphatic hydroxyl groups is 1. The van der Waals surface area contributed by atoms with E-state index in [-0.39, 0.29) is 30.4 Å². The van der Waals surface area contributed by atoms with Crippen LogP contribution in [0.5, 0.6) is 11.5 Å². The number of hydrogen-bond acceptors (Lipinski definition) is 5. The number of amides is 1. The highest BCUT2D eigenvalue weighted by molar-refractivity contribution is 7.99. The monoisotopic (exact) mass is 313 g/mol. The molecule has 1 aromatic carbocycles. The van der Waals surface area contributed by atoms with Gasteiger partial charge in [-0.3, -0.25) is 4.79 Å². The molecule has 0 saturated carbocycles. The van der Waals surface area contributed by atoms with Gasteiger partial charge in [-0.1, -0.05) is 6.07 Å². The van der Waals surface area contributed by atoms with Crippen molar-refractivity contribution in [2.75, 3.05) is 26.6 Å².